The number of hydrogen-bond acceptors (Lipinski definition) is 2. The fourth-order valence-corrected chi connectivity index (χ4v) is 2.29. The van der Waals surface area contributed by atoms with Crippen molar-refractivity contribution in [3.63, 3.8) is 0 Å². The van der Waals surface area contributed by atoms with E-state index in [2.05, 4.69) is 6.92 Å². The Labute approximate surface area is 97.6 Å². The molecule has 16 heavy (non-hydrogen) atoms. The lowest BCUT2D eigenvalue weighted by Crippen LogP contribution is -2.10. The molecule has 4 nitrogen and oxygen atoms in total. The average Bonchev–Trinajstić information content (AvgIpc) is 2.09. The van der Waals surface area contributed by atoms with Crippen molar-refractivity contribution in [2.75, 3.05) is 6.16 Å². The minimum absolute atomic E-state index is 0.232. The number of hydrogen-bond donors (Lipinski definition) is 2. The summed E-state index contributed by atoms with van der Waals surface area (Å²) in [7, 11) is -4.16. The average molecular weight is 250 g/mol. The number of ketones is 1. The van der Waals surface area contributed by atoms with Crippen molar-refractivity contribution in [2.45, 2.75) is 52.4 Å². The second-order valence-corrected chi connectivity index (χ2v) is 6.17. The van der Waals surface area contributed by atoms with Gasteiger partial charge in [-0.15, -0.1) is 0 Å². The van der Waals surface area contributed by atoms with Crippen molar-refractivity contribution in [1.29, 1.82) is 0 Å². The summed E-state index contributed by atoms with van der Waals surface area (Å²) in [6, 6.07) is 0. The summed E-state index contributed by atoms with van der Waals surface area (Å²) in [5, 5.41) is 0. The van der Waals surface area contributed by atoms with E-state index in [9.17, 15) is 9.36 Å². The van der Waals surface area contributed by atoms with E-state index in [0.29, 0.717) is 0 Å². The normalized spacial score (nSPS) is 13.8. The van der Waals surface area contributed by atoms with Gasteiger partial charge in [-0.05, 0) is 5.92 Å². The van der Waals surface area contributed by atoms with Gasteiger partial charge < -0.3 is 9.79 Å². The van der Waals surface area contributed by atoms with Crippen molar-refractivity contribution in [2.24, 2.45) is 5.92 Å². The molecule has 5 heteroatoms. The molecule has 0 radical (unpaired) electrons. The predicted octanol–water partition coefficient (Wildman–Crippen LogP) is 2.73. The van der Waals surface area contributed by atoms with Crippen LogP contribution in [0.1, 0.15) is 52.4 Å². The van der Waals surface area contributed by atoms with Crippen LogP contribution < -0.4 is 0 Å². The van der Waals surface area contributed by atoms with Crippen molar-refractivity contribution < 1.29 is 19.1 Å². The third-order valence-electron chi connectivity index (χ3n) is 2.51. The van der Waals surface area contributed by atoms with Crippen LogP contribution in [0.3, 0.4) is 0 Å². The quantitative estimate of drug-likeness (QED) is 0.487. The van der Waals surface area contributed by atoms with Crippen molar-refractivity contribution in [3.05, 3.63) is 0 Å². The van der Waals surface area contributed by atoms with E-state index in [0.717, 1.165) is 12.8 Å². The highest BCUT2D eigenvalue weighted by molar-refractivity contribution is 7.52. The van der Waals surface area contributed by atoms with Crippen molar-refractivity contribution >= 4 is 13.4 Å². The van der Waals surface area contributed by atoms with Crippen molar-refractivity contribution in [1.82, 2.24) is 0 Å². The Hall–Kier alpha value is -0.180. The maximum absolute atomic E-state index is 11.3. The highest BCUT2D eigenvalue weighted by Gasteiger charge is 2.20. The zero-order chi connectivity index (χ0) is 12.6. The summed E-state index contributed by atoms with van der Waals surface area (Å²) >= 11 is 0. The van der Waals surface area contributed by atoms with Crippen LogP contribution in [-0.2, 0) is 9.36 Å². The molecule has 1 atom stereocenters. The molecule has 2 N–H and O–H groups in total. The molecule has 0 amide bonds. The molecule has 0 saturated heterocycles. The first-order chi connectivity index (χ1) is 7.35. The Balaban J connectivity index is 3.66. The standard InChI is InChI=1S/C11H23O4P/c1-3-4-5-6-7-10(2)8-11(12)9-16(13,14)15/h10H,3-9H2,1-2H3,(H2,13,14,15)/t10-/m0/s1. The fraction of sp³-hybridized carbons (Fsp3) is 0.909. The van der Waals surface area contributed by atoms with Crippen LogP contribution in [0, 0.1) is 5.92 Å². The van der Waals surface area contributed by atoms with Crippen LogP contribution >= 0.6 is 7.60 Å². The van der Waals surface area contributed by atoms with E-state index in [1.165, 1.54) is 19.3 Å². The largest absolute Gasteiger partial charge is 0.332 e. The van der Waals surface area contributed by atoms with Gasteiger partial charge in [-0.1, -0.05) is 46.0 Å². The van der Waals surface area contributed by atoms with Crippen LogP contribution in [0.25, 0.3) is 0 Å². The molecule has 0 bridgehead atoms. The molecule has 0 rings (SSSR count). The zero-order valence-corrected chi connectivity index (χ0v) is 11.1. The van der Waals surface area contributed by atoms with Gasteiger partial charge in [0.2, 0.25) is 0 Å². The third-order valence-corrected chi connectivity index (χ3v) is 3.27. The van der Waals surface area contributed by atoms with Crippen molar-refractivity contribution in [3.8, 4) is 0 Å². The Morgan fingerprint density at radius 1 is 1.25 bits per heavy atom. The molecular weight excluding hydrogens is 227 g/mol. The predicted molar refractivity (Wildman–Crippen MR) is 64.5 cm³/mol. The minimum Gasteiger partial charge on any atom is -0.324 e. The molecular formula is C11H23O4P. The van der Waals surface area contributed by atoms with E-state index in [1.54, 1.807) is 0 Å². The van der Waals surface area contributed by atoms with Crippen LogP contribution in [0.5, 0.6) is 0 Å². The molecule has 0 unspecified atom stereocenters. The maximum atomic E-state index is 11.3. The summed E-state index contributed by atoms with van der Waals surface area (Å²) in [5.74, 6) is -0.0905. The third kappa shape index (κ3) is 10.3. The van der Waals surface area contributed by atoms with Crippen LogP contribution in [0.4, 0.5) is 0 Å². The Bertz CT molecular complexity index is 246. The highest BCUT2D eigenvalue weighted by Crippen LogP contribution is 2.34. The Kier molecular flexibility index (Phi) is 7.90. The minimum atomic E-state index is -4.16. The maximum Gasteiger partial charge on any atom is 0.332 e. The first-order valence-corrected chi connectivity index (χ1v) is 7.71. The second kappa shape index (κ2) is 7.99. The SMILES string of the molecule is CCCCCC[C@H](C)CC(=O)CP(=O)(O)O. The van der Waals surface area contributed by atoms with E-state index in [-0.39, 0.29) is 18.1 Å². The van der Waals surface area contributed by atoms with Gasteiger partial charge >= 0.3 is 7.60 Å². The first-order valence-electron chi connectivity index (χ1n) is 5.91. The molecule has 0 aliphatic heterocycles. The van der Waals surface area contributed by atoms with Gasteiger partial charge in [0.05, 0.1) is 0 Å². The van der Waals surface area contributed by atoms with Crippen LogP contribution in [0.15, 0.2) is 0 Å². The zero-order valence-electron chi connectivity index (χ0n) is 10.2. The van der Waals surface area contributed by atoms with Gasteiger partial charge in [0, 0.05) is 6.42 Å². The Morgan fingerprint density at radius 2 is 1.88 bits per heavy atom. The summed E-state index contributed by atoms with van der Waals surface area (Å²) in [5.41, 5.74) is 0. The number of Topliss-reactive ketones (excluding diaryl/α,β-unsaturated/α-hetero) is 1. The number of carbonyl (C=O) groups excluding carboxylic acids is 1. The molecule has 96 valence electrons. The van der Waals surface area contributed by atoms with Crippen LogP contribution in [0.2, 0.25) is 0 Å². The monoisotopic (exact) mass is 250 g/mol. The molecule has 0 heterocycles. The second-order valence-electron chi connectivity index (χ2n) is 4.52. The number of unbranched alkanes of at least 4 members (excludes halogenated alkanes) is 3. The topological polar surface area (TPSA) is 74.6 Å². The molecule has 0 aliphatic rings. The number of rotatable bonds is 9. The molecule has 0 aromatic heterocycles. The highest BCUT2D eigenvalue weighted by atomic mass is 31.2. The lowest BCUT2D eigenvalue weighted by atomic mass is 9.98. The van der Waals surface area contributed by atoms with Crippen LogP contribution in [-0.4, -0.2) is 21.7 Å². The van der Waals surface area contributed by atoms with Gasteiger partial charge in [0.15, 0.2) is 0 Å². The van der Waals surface area contributed by atoms with E-state index in [4.69, 9.17) is 9.79 Å². The summed E-state index contributed by atoms with van der Waals surface area (Å²) in [4.78, 5) is 28.5. The smallest absolute Gasteiger partial charge is 0.324 e. The van der Waals surface area contributed by atoms with E-state index < -0.39 is 13.8 Å². The summed E-state index contributed by atoms with van der Waals surface area (Å²) < 4.78 is 10.6. The van der Waals surface area contributed by atoms with Gasteiger partial charge in [0.1, 0.15) is 11.9 Å². The molecule has 0 aromatic rings. The van der Waals surface area contributed by atoms with Gasteiger partial charge in [0.25, 0.3) is 0 Å². The van der Waals surface area contributed by atoms with Gasteiger partial charge in [-0.25, -0.2) is 0 Å². The lowest BCUT2D eigenvalue weighted by molar-refractivity contribution is -0.117. The van der Waals surface area contributed by atoms with E-state index in [1.807, 2.05) is 6.92 Å². The van der Waals surface area contributed by atoms with Gasteiger partial charge in [-0.2, -0.15) is 0 Å². The Morgan fingerprint density at radius 3 is 2.38 bits per heavy atom. The van der Waals surface area contributed by atoms with E-state index >= 15 is 0 Å². The molecule has 0 saturated carbocycles. The molecule has 0 spiro atoms. The van der Waals surface area contributed by atoms with Gasteiger partial charge in [-0.3, -0.25) is 9.36 Å². The number of carbonyl (C=O) groups is 1. The summed E-state index contributed by atoms with van der Waals surface area (Å²) in [6.07, 6.45) is 5.32. The molecule has 0 aliphatic carbocycles. The molecule has 0 aromatic carbocycles. The molecule has 0 fully saturated rings. The fourth-order valence-electron chi connectivity index (χ4n) is 1.70. The summed E-state index contributed by atoms with van der Waals surface area (Å²) in [6.45, 7) is 4.11. The lowest BCUT2D eigenvalue weighted by Gasteiger charge is -2.10. The first kappa shape index (κ1) is 15.8.